The van der Waals surface area contributed by atoms with Crippen molar-refractivity contribution in [2.75, 3.05) is 13.2 Å². The minimum absolute atomic E-state index is 0.0245. The van der Waals surface area contributed by atoms with E-state index in [0.717, 1.165) is 36.3 Å². The first-order valence-electron chi connectivity index (χ1n) is 11.4. The first-order chi connectivity index (χ1) is 15.9. The van der Waals surface area contributed by atoms with Gasteiger partial charge < -0.3 is 14.4 Å². The predicted molar refractivity (Wildman–Crippen MR) is 124 cm³/mol. The molecule has 1 unspecified atom stereocenters. The van der Waals surface area contributed by atoms with Gasteiger partial charge in [0.15, 0.2) is 0 Å². The lowest BCUT2D eigenvalue weighted by Gasteiger charge is -2.24. The summed E-state index contributed by atoms with van der Waals surface area (Å²) in [4.78, 5) is 14.3. The number of carbonyl (C=O) groups is 1. The number of aromatic nitrogens is 2. The Bertz CT molecular complexity index is 1100. The van der Waals surface area contributed by atoms with Crippen molar-refractivity contribution in [3.8, 4) is 17.3 Å². The number of benzene rings is 2. The van der Waals surface area contributed by atoms with Gasteiger partial charge in [-0.3, -0.25) is 4.79 Å². The largest absolute Gasteiger partial charge is 0.439 e. The van der Waals surface area contributed by atoms with E-state index >= 15 is 0 Å². The average Bonchev–Trinajstić information content (AvgIpc) is 3.42. The molecule has 1 fully saturated rings. The summed E-state index contributed by atoms with van der Waals surface area (Å²) in [6.07, 6.45) is 2.68. The third kappa shape index (κ3) is 5.42. The molecule has 3 aromatic rings. The Kier molecular flexibility index (Phi) is 7.08. The lowest BCUT2D eigenvalue weighted by molar-refractivity contribution is -0.131. The Labute approximate surface area is 193 Å². The highest BCUT2D eigenvalue weighted by atomic mass is 19.1. The van der Waals surface area contributed by atoms with Crippen molar-refractivity contribution in [1.29, 1.82) is 0 Å². The van der Waals surface area contributed by atoms with E-state index in [2.05, 4.69) is 0 Å². The third-order valence-corrected chi connectivity index (χ3v) is 5.87. The Morgan fingerprint density at radius 1 is 1.27 bits per heavy atom. The maximum absolute atomic E-state index is 13.6. The molecule has 0 N–H and O–H groups in total. The SMILES string of the molecule is CCc1nn(-c2ccc(F)cc2)c(Oc2cccc(C)c2)c1CN(CC1CCCO1)C(C)=O. The predicted octanol–water partition coefficient (Wildman–Crippen LogP) is 5.20. The molecule has 2 aromatic carbocycles. The smallest absolute Gasteiger partial charge is 0.227 e. The second-order valence-electron chi connectivity index (χ2n) is 8.43. The molecular weight excluding hydrogens is 421 g/mol. The van der Waals surface area contributed by atoms with E-state index < -0.39 is 0 Å². The molecule has 6 nitrogen and oxygen atoms in total. The molecule has 174 valence electrons. The van der Waals surface area contributed by atoms with E-state index in [1.165, 1.54) is 12.1 Å². The quantitative estimate of drug-likeness (QED) is 0.472. The molecule has 0 bridgehead atoms. The van der Waals surface area contributed by atoms with Crippen LogP contribution in [-0.2, 0) is 22.5 Å². The van der Waals surface area contributed by atoms with E-state index in [1.807, 2.05) is 38.1 Å². The zero-order valence-corrected chi connectivity index (χ0v) is 19.4. The van der Waals surface area contributed by atoms with Crippen LogP contribution in [0.4, 0.5) is 4.39 Å². The van der Waals surface area contributed by atoms with Gasteiger partial charge in [0.25, 0.3) is 0 Å². The summed E-state index contributed by atoms with van der Waals surface area (Å²) in [6, 6.07) is 13.9. The van der Waals surface area contributed by atoms with Crippen molar-refractivity contribution < 1.29 is 18.7 Å². The van der Waals surface area contributed by atoms with Crippen LogP contribution in [0.5, 0.6) is 11.6 Å². The molecule has 4 rings (SSSR count). The molecule has 33 heavy (non-hydrogen) atoms. The molecule has 1 aliphatic rings. The highest BCUT2D eigenvalue weighted by molar-refractivity contribution is 5.73. The Morgan fingerprint density at radius 3 is 2.70 bits per heavy atom. The summed E-state index contributed by atoms with van der Waals surface area (Å²) in [5.74, 6) is 0.865. The minimum Gasteiger partial charge on any atom is -0.439 e. The fourth-order valence-corrected chi connectivity index (χ4v) is 4.10. The van der Waals surface area contributed by atoms with Gasteiger partial charge in [-0.2, -0.15) is 5.10 Å². The summed E-state index contributed by atoms with van der Waals surface area (Å²) < 4.78 is 27.4. The van der Waals surface area contributed by atoms with Crippen LogP contribution in [0.1, 0.15) is 43.5 Å². The van der Waals surface area contributed by atoms with Gasteiger partial charge in [0.2, 0.25) is 11.8 Å². The highest BCUT2D eigenvalue weighted by Gasteiger charge is 2.26. The normalized spacial score (nSPS) is 15.6. The molecule has 1 aromatic heterocycles. The second kappa shape index (κ2) is 10.2. The van der Waals surface area contributed by atoms with E-state index in [0.29, 0.717) is 36.8 Å². The Hall–Kier alpha value is -3.19. The fraction of sp³-hybridized carbons (Fsp3) is 0.385. The molecule has 0 aliphatic carbocycles. The van der Waals surface area contributed by atoms with Crippen molar-refractivity contribution in [2.45, 2.75) is 52.7 Å². The molecule has 0 radical (unpaired) electrons. The molecule has 1 amide bonds. The van der Waals surface area contributed by atoms with Crippen LogP contribution in [0.15, 0.2) is 48.5 Å². The Balaban J connectivity index is 1.76. The maximum atomic E-state index is 13.6. The molecular formula is C26H30FN3O3. The van der Waals surface area contributed by atoms with Gasteiger partial charge >= 0.3 is 0 Å². The monoisotopic (exact) mass is 451 g/mol. The van der Waals surface area contributed by atoms with Gasteiger partial charge in [-0.05, 0) is 68.1 Å². The molecule has 0 saturated carbocycles. The first-order valence-corrected chi connectivity index (χ1v) is 11.4. The van der Waals surface area contributed by atoms with Gasteiger partial charge in [-0.1, -0.05) is 19.1 Å². The Morgan fingerprint density at radius 2 is 2.06 bits per heavy atom. The van der Waals surface area contributed by atoms with E-state index in [9.17, 15) is 9.18 Å². The lowest BCUT2D eigenvalue weighted by atomic mass is 10.1. The van der Waals surface area contributed by atoms with Crippen LogP contribution < -0.4 is 4.74 Å². The van der Waals surface area contributed by atoms with E-state index in [4.69, 9.17) is 14.6 Å². The molecule has 7 heteroatoms. The van der Waals surface area contributed by atoms with Gasteiger partial charge in [0.1, 0.15) is 11.6 Å². The number of carbonyl (C=O) groups excluding carboxylic acids is 1. The highest BCUT2D eigenvalue weighted by Crippen LogP contribution is 2.33. The zero-order valence-electron chi connectivity index (χ0n) is 19.4. The zero-order chi connectivity index (χ0) is 23.4. The number of nitrogens with zero attached hydrogens (tertiary/aromatic N) is 3. The van der Waals surface area contributed by atoms with Gasteiger partial charge in [0.05, 0.1) is 29.6 Å². The van der Waals surface area contributed by atoms with Crippen molar-refractivity contribution in [3.05, 3.63) is 71.2 Å². The van der Waals surface area contributed by atoms with E-state index in [-0.39, 0.29) is 17.8 Å². The first kappa shape index (κ1) is 23.0. The number of aryl methyl sites for hydroxylation is 2. The average molecular weight is 452 g/mol. The van der Waals surface area contributed by atoms with Gasteiger partial charge in [0, 0.05) is 20.1 Å². The number of ether oxygens (including phenoxy) is 2. The van der Waals surface area contributed by atoms with E-state index in [1.54, 1.807) is 28.6 Å². The van der Waals surface area contributed by atoms with Crippen LogP contribution in [0.2, 0.25) is 0 Å². The topological polar surface area (TPSA) is 56.6 Å². The summed E-state index contributed by atoms with van der Waals surface area (Å²) in [6.45, 7) is 7.23. The van der Waals surface area contributed by atoms with Crippen molar-refractivity contribution in [2.24, 2.45) is 0 Å². The van der Waals surface area contributed by atoms with Crippen molar-refractivity contribution >= 4 is 5.91 Å². The van der Waals surface area contributed by atoms with Gasteiger partial charge in [-0.15, -0.1) is 0 Å². The molecule has 2 heterocycles. The summed E-state index contributed by atoms with van der Waals surface area (Å²) in [7, 11) is 0. The van der Waals surface area contributed by atoms with Crippen LogP contribution >= 0.6 is 0 Å². The third-order valence-electron chi connectivity index (χ3n) is 5.87. The van der Waals surface area contributed by atoms with Crippen molar-refractivity contribution in [1.82, 2.24) is 14.7 Å². The molecule has 1 aliphatic heterocycles. The standard InChI is InChI=1S/C26H30FN3O3/c1-4-25-24(17-29(19(3)31)16-23-9-6-14-32-23)26(33-22-8-5-7-18(2)15-22)30(28-25)21-12-10-20(27)11-13-21/h5,7-8,10-13,15,23H,4,6,9,14,16-17H2,1-3H3. The van der Waals surface area contributed by atoms with Gasteiger partial charge in [-0.25, -0.2) is 9.07 Å². The molecule has 1 saturated heterocycles. The van der Waals surface area contributed by atoms with Crippen LogP contribution in [0, 0.1) is 12.7 Å². The summed E-state index contributed by atoms with van der Waals surface area (Å²) in [5.41, 5.74) is 3.44. The van der Waals surface area contributed by atoms with Crippen LogP contribution in [-0.4, -0.2) is 39.8 Å². The summed E-state index contributed by atoms with van der Waals surface area (Å²) >= 11 is 0. The molecule has 0 spiro atoms. The lowest BCUT2D eigenvalue weighted by Crippen LogP contribution is -2.35. The fourth-order valence-electron chi connectivity index (χ4n) is 4.10. The molecule has 1 atom stereocenters. The minimum atomic E-state index is -0.317. The van der Waals surface area contributed by atoms with Crippen molar-refractivity contribution in [3.63, 3.8) is 0 Å². The summed E-state index contributed by atoms with van der Waals surface area (Å²) in [5, 5.41) is 4.79. The van der Waals surface area contributed by atoms with Crippen LogP contribution in [0.25, 0.3) is 5.69 Å². The van der Waals surface area contributed by atoms with Crippen LogP contribution in [0.3, 0.4) is 0 Å². The number of amides is 1. The number of hydrogen-bond acceptors (Lipinski definition) is 4. The number of rotatable bonds is 8. The number of hydrogen-bond donors (Lipinski definition) is 0. The maximum Gasteiger partial charge on any atom is 0.227 e. The second-order valence-corrected chi connectivity index (χ2v) is 8.43. The number of halogens is 1.